The summed E-state index contributed by atoms with van der Waals surface area (Å²) in [5.74, 6) is 1.71. The highest BCUT2D eigenvalue weighted by molar-refractivity contribution is 5.99. The van der Waals surface area contributed by atoms with Gasteiger partial charge in [0.25, 0.3) is 5.91 Å². The Morgan fingerprint density at radius 3 is 2.88 bits per heavy atom. The minimum Gasteiger partial charge on any atom is -0.497 e. The van der Waals surface area contributed by atoms with Crippen LogP contribution in [-0.4, -0.2) is 43.1 Å². The van der Waals surface area contributed by atoms with Gasteiger partial charge in [0.05, 0.1) is 7.11 Å². The molecule has 1 unspecified atom stereocenters. The first-order valence-electron chi connectivity index (χ1n) is 9.41. The van der Waals surface area contributed by atoms with E-state index in [1.54, 1.807) is 7.11 Å². The van der Waals surface area contributed by atoms with Gasteiger partial charge < -0.3 is 19.4 Å². The molecule has 0 bridgehead atoms. The second-order valence-electron chi connectivity index (χ2n) is 8.24. The first kappa shape index (κ1) is 18.8. The predicted molar refractivity (Wildman–Crippen MR) is 104 cm³/mol. The van der Waals surface area contributed by atoms with E-state index in [0.717, 1.165) is 42.3 Å². The van der Waals surface area contributed by atoms with Gasteiger partial charge in [-0.2, -0.15) is 0 Å². The molecule has 1 aliphatic rings. The van der Waals surface area contributed by atoms with E-state index in [9.17, 15) is 4.79 Å². The van der Waals surface area contributed by atoms with Crippen molar-refractivity contribution in [3.05, 3.63) is 29.5 Å². The quantitative estimate of drug-likeness (QED) is 0.878. The summed E-state index contributed by atoms with van der Waals surface area (Å²) in [7, 11) is 1.63. The summed E-state index contributed by atoms with van der Waals surface area (Å²) in [4.78, 5) is 15.3. The Labute approximate surface area is 155 Å². The van der Waals surface area contributed by atoms with Gasteiger partial charge in [0.15, 0.2) is 5.76 Å². The Bertz CT molecular complexity index is 794. The largest absolute Gasteiger partial charge is 0.497 e. The van der Waals surface area contributed by atoms with Gasteiger partial charge in [-0.3, -0.25) is 4.79 Å². The van der Waals surface area contributed by atoms with Crippen molar-refractivity contribution in [3.63, 3.8) is 0 Å². The molecule has 1 N–H and O–H groups in total. The highest BCUT2D eigenvalue weighted by Crippen LogP contribution is 2.29. The number of benzene rings is 1. The van der Waals surface area contributed by atoms with E-state index in [-0.39, 0.29) is 11.4 Å². The zero-order valence-corrected chi connectivity index (χ0v) is 16.5. The van der Waals surface area contributed by atoms with Gasteiger partial charge in [-0.25, -0.2) is 0 Å². The Morgan fingerprint density at radius 1 is 1.42 bits per heavy atom. The van der Waals surface area contributed by atoms with Crippen LogP contribution in [0.1, 0.15) is 49.7 Å². The third-order valence-corrected chi connectivity index (χ3v) is 5.16. The van der Waals surface area contributed by atoms with Gasteiger partial charge in [-0.1, -0.05) is 6.92 Å². The van der Waals surface area contributed by atoms with E-state index < -0.39 is 0 Å². The van der Waals surface area contributed by atoms with Crippen LogP contribution in [0.5, 0.6) is 5.75 Å². The molecule has 1 amide bonds. The average molecular weight is 358 g/mol. The van der Waals surface area contributed by atoms with Gasteiger partial charge in [0.1, 0.15) is 11.3 Å². The van der Waals surface area contributed by atoms with Crippen molar-refractivity contribution < 1.29 is 13.9 Å². The second kappa shape index (κ2) is 7.31. The number of hydrogen-bond donors (Lipinski definition) is 1. The molecule has 3 rings (SSSR count). The summed E-state index contributed by atoms with van der Waals surface area (Å²) in [6.07, 6.45) is 2.53. The monoisotopic (exact) mass is 358 g/mol. The number of aryl methyl sites for hydroxylation is 1. The molecule has 1 aromatic carbocycles. The number of hydrogen-bond acceptors (Lipinski definition) is 4. The lowest BCUT2D eigenvalue weighted by Crippen LogP contribution is -2.53. The van der Waals surface area contributed by atoms with Crippen LogP contribution in [0.2, 0.25) is 0 Å². The Morgan fingerprint density at radius 2 is 2.19 bits per heavy atom. The zero-order chi connectivity index (χ0) is 18.9. The van der Waals surface area contributed by atoms with Crippen molar-refractivity contribution in [2.75, 3.05) is 26.7 Å². The van der Waals surface area contributed by atoms with Crippen molar-refractivity contribution in [2.24, 2.45) is 5.92 Å². The van der Waals surface area contributed by atoms with Gasteiger partial charge in [0.2, 0.25) is 0 Å². The van der Waals surface area contributed by atoms with Crippen molar-refractivity contribution in [2.45, 2.75) is 46.1 Å². The Kier molecular flexibility index (Phi) is 5.28. The summed E-state index contributed by atoms with van der Waals surface area (Å²) < 4.78 is 11.1. The summed E-state index contributed by atoms with van der Waals surface area (Å²) >= 11 is 0. The first-order chi connectivity index (χ1) is 12.3. The number of methoxy groups -OCH3 is 1. The van der Waals surface area contributed by atoms with E-state index in [4.69, 9.17) is 9.15 Å². The summed E-state index contributed by atoms with van der Waals surface area (Å²) in [6, 6.07) is 5.60. The maximum Gasteiger partial charge on any atom is 0.287 e. The summed E-state index contributed by atoms with van der Waals surface area (Å²) in [5.41, 5.74) is 1.23. The molecule has 5 nitrogen and oxygen atoms in total. The fraction of sp³-hybridized carbons (Fsp3) is 0.571. The molecule has 2 heterocycles. The lowest BCUT2D eigenvalue weighted by molar-refractivity contribution is 0.0837. The predicted octanol–water partition coefficient (Wildman–Crippen LogP) is 3.99. The molecule has 0 radical (unpaired) electrons. The van der Waals surface area contributed by atoms with Crippen molar-refractivity contribution in [3.8, 4) is 5.75 Å². The van der Waals surface area contributed by atoms with Crippen molar-refractivity contribution >= 4 is 16.9 Å². The smallest absolute Gasteiger partial charge is 0.287 e. The highest BCUT2D eigenvalue weighted by atomic mass is 16.5. The Hall–Kier alpha value is -2.01. The standard InChI is InChI=1S/C21H30N2O3/c1-14-7-6-10-23(12-14)13-21(3,4)22-20(24)19-15(2)17-11-16(25-5)8-9-18(17)26-19/h8-9,11,14H,6-7,10,12-13H2,1-5H3,(H,22,24). The molecule has 0 saturated carbocycles. The SMILES string of the molecule is COc1ccc2oc(C(=O)NC(C)(C)CN3CCCC(C)C3)c(C)c2c1. The van der Waals surface area contributed by atoms with E-state index in [1.165, 1.54) is 12.8 Å². The van der Waals surface area contributed by atoms with Gasteiger partial charge >= 0.3 is 0 Å². The molecule has 5 heteroatoms. The number of fused-ring (bicyclic) bond motifs is 1. The van der Waals surface area contributed by atoms with Crippen LogP contribution < -0.4 is 10.1 Å². The van der Waals surface area contributed by atoms with Gasteiger partial charge in [-0.05, 0) is 64.3 Å². The highest BCUT2D eigenvalue weighted by Gasteiger charge is 2.29. The fourth-order valence-corrected chi connectivity index (χ4v) is 3.94. The maximum absolute atomic E-state index is 12.9. The molecule has 2 aromatic rings. The number of piperidine rings is 1. The first-order valence-corrected chi connectivity index (χ1v) is 9.41. The number of nitrogens with one attached hydrogen (secondary N) is 1. The Balaban J connectivity index is 1.74. The molecule has 1 aliphatic heterocycles. The van der Waals surface area contributed by atoms with E-state index in [0.29, 0.717) is 11.3 Å². The third-order valence-electron chi connectivity index (χ3n) is 5.16. The molecule has 1 atom stereocenters. The van der Waals surface area contributed by atoms with Crippen LogP contribution in [0.3, 0.4) is 0 Å². The molecule has 0 spiro atoms. The van der Waals surface area contributed by atoms with Gasteiger partial charge in [0, 0.05) is 29.6 Å². The lowest BCUT2D eigenvalue weighted by atomic mass is 9.97. The molecule has 142 valence electrons. The van der Waals surface area contributed by atoms with Crippen LogP contribution in [0.25, 0.3) is 11.0 Å². The number of carbonyl (C=O) groups is 1. The molecule has 1 fully saturated rings. The number of furan rings is 1. The van der Waals surface area contributed by atoms with E-state index >= 15 is 0 Å². The molecule has 1 saturated heterocycles. The second-order valence-corrected chi connectivity index (χ2v) is 8.24. The molecule has 26 heavy (non-hydrogen) atoms. The van der Waals surface area contributed by atoms with Crippen molar-refractivity contribution in [1.82, 2.24) is 10.2 Å². The topological polar surface area (TPSA) is 54.7 Å². The maximum atomic E-state index is 12.9. The molecular formula is C21H30N2O3. The minimum absolute atomic E-state index is 0.160. The number of likely N-dealkylation sites (tertiary alicyclic amines) is 1. The summed E-state index contributed by atoms with van der Waals surface area (Å²) in [5, 5.41) is 4.07. The molecule has 0 aliphatic carbocycles. The van der Waals surface area contributed by atoms with Crippen LogP contribution >= 0.6 is 0 Å². The minimum atomic E-state index is -0.322. The normalized spacial score (nSPS) is 18.9. The molecular weight excluding hydrogens is 328 g/mol. The fourth-order valence-electron chi connectivity index (χ4n) is 3.94. The number of nitrogens with zero attached hydrogens (tertiary/aromatic N) is 1. The number of carbonyl (C=O) groups excluding carboxylic acids is 1. The molecule has 1 aromatic heterocycles. The number of amides is 1. The average Bonchev–Trinajstić information content (AvgIpc) is 2.90. The van der Waals surface area contributed by atoms with Gasteiger partial charge in [-0.15, -0.1) is 0 Å². The van der Waals surface area contributed by atoms with E-state index in [2.05, 4.69) is 31.0 Å². The van der Waals surface area contributed by atoms with Crippen LogP contribution in [-0.2, 0) is 0 Å². The van der Waals surface area contributed by atoms with Crippen LogP contribution in [0, 0.1) is 12.8 Å². The number of rotatable bonds is 5. The van der Waals surface area contributed by atoms with Crippen LogP contribution in [0.4, 0.5) is 0 Å². The summed E-state index contributed by atoms with van der Waals surface area (Å²) in [6.45, 7) is 11.4. The third kappa shape index (κ3) is 4.04. The zero-order valence-electron chi connectivity index (χ0n) is 16.5. The van der Waals surface area contributed by atoms with Crippen molar-refractivity contribution in [1.29, 1.82) is 0 Å². The van der Waals surface area contributed by atoms with E-state index in [1.807, 2.05) is 25.1 Å². The lowest BCUT2D eigenvalue weighted by Gasteiger charge is -2.37. The van der Waals surface area contributed by atoms with Crippen LogP contribution in [0.15, 0.2) is 22.6 Å². The number of ether oxygens (including phenoxy) is 1.